The second-order valence-corrected chi connectivity index (χ2v) is 5.63. The van der Waals surface area contributed by atoms with Gasteiger partial charge in [-0.15, -0.1) is 0 Å². The topological polar surface area (TPSA) is 72.2 Å². The van der Waals surface area contributed by atoms with E-state index in [-0.39, 0.29) is 10.6 Å². The van der Waals surface area contributed by atoms with E-state index in [1.54, 1.807) is 12.1 Å². The van der Waals surface area contributed by atoms with Crippen LogP contribution in [0.2, 0.25) is 0 Å². The van der Waals surface area contributed by atoms with Gasteiger partial charge in [-0.05, 0) is 47.9 Å². The van der Waals surface area contributed by atoms with E-state index in [2.05, 4.69) is 27.2 Å². The number of piperidine rings is 1. The van der Waals surface area contributed by atoms with Crippen molar-refractivity contribution >= 4 is 34.1 Å². The smallest absolute Gasteiger partial charge is 0.275 e. The molecule has 0 atom stereocenters. The zero-order chi connectivity index (χ0) is 13.1. The number of nitrogens with two attached hydrogens (primary N) is 1. The summed E-state index contributed by atoms with van der Waals surface area (Å²) < 4.78 is 2.94. The number of hydrogen-bond acceptors (Lipinski definition) is 2. The lowest BCUT2D eigenvalue weighted by molar-refractivity contribution is -0.537. The van der Waals surface area contributed by atoms with Crippen LogP contribution in [0.25, 0.3) is 0 Å². The van der Waals surface area contributed by atoms with Gasteiger partial charge in [-0.3, -0.25) is 20.4 Å². The summed E-state index contributed by atoms with van der Waals surface area (Å²) in [7, 11) is 0. The Balaban J connectivity index is 2.40. The molecule has 2 rings (SSSR count). The summed E-state index contributed by atoms with van der Waals surface area (Å²) in [5, 5.41) is 10.8. The van der Waals surface area contributed by atoms with Gasteiger partial charge in [0.25, 0.3) is 11.5 Å². The van der Waals surface area contributed by atoms with Crippen LogP contribution in [-0.4, -0.2) is 28.4 Å². The Hall–Kier alpha value is -1.18. The molecule has 1 fully saturated rings. The van der Waals surface area contributed by atoms with Crippen molar-refractivity contribution in [2.24, 2.45) is 5.73 Å². The summed E-state index contributed by atoms with van der Waals surface area (Å²) in [6.07, 6.45) is 3.50. The van der Waals surface area contributed by atoms with E-state index >= 15 is 0 Å². The van der Waals surface area contributed by atoms with E-state index in [4.69, 9.17) is 5.73 Å². The largest absolute Gasteiger partial charge is 0.287 e. The molecule has 0 aromatic heterocycles. The van der Waals surface area contributed by atoms with Gasteiger partial charge >= 0.3 is 0 Å². The minimum atomic E-state index is -0.380. The van der Waals surface area contributed by atoms with Crippen LogP contribution in [0.3, 0.4) is 0 Å². The maximum atomic E-state index is 10.8. The standard InChI is InChI=1S/C12H14IN3O2/c13-10-6-9(7-11(8-10)16(17)18)12(14)15-4-2-1-3-5-15/h6-8,14H,1-5H2/p+1. The number of halogens is 1. The van der Waals surface area contributed by atoms with Crippen molar-refractivity contribution in [2.75, 3.05) is 13.1 Å². The monoisotopic (exact) mass is 360 g/mol. The van der Waals surface area contributed by atoms with Crippen molar-refractivity contribution in [3.63, 3.8) is 0 Å². The highest BCUT2D eigenvalue weighted by Crippen LogP contribution is 2.19. The maximum absolute atomic E-state index is 10.8. The predicted octanol–water partition coefficient (Wildman–Crippen LogP) is 2.10. The second-order valence-electron chi connectivity index (χ2n) is 4.39. The Bertz CT molecular complexity index is 506. The molecule has 6 heteroatoms. The van der Waals surface area contributed by atoms with Gasteiger partial charge in [0.05, 0.1) is 23.6 Å². The minimum Gasteiger partial charge on any atom is -0.287 e. The lowest BCUT2D eigenvalue weighted by Gasteiger charge is -2.14. The number of non-ortho nitro benzene ring substituents is 1. The van der Waals surface area contributed by atoms with Crippen LogP contribution in [0.15, 0.2) is 18.2 Å². The highest BCUT2D eigenvalue weighted by atomic mass is 127. The Morgan fingerprint density at radius 2 is 1.94 bits per heavy atom. The molecule has 0 radical (unpaired) electrons. The van der Waals surface area contributed by atoms with Crippen molar-refractivity contribution in [3.05, 3.63) is 37.4 Å². The predicted molar refractivity (Wildman–Crippen MR) is 78.0 cm³/mol. The zero-order valence-electron chi connectivity index (χ0n) is 9.93. The summed E-state index contributed by atoms with van der Waals surface area (Å²) in [6.45, 7) is 1.87. The molecule has 1 aliphatic rings. The van der Waals surface area contributed by atoms with Gasteiger partial charge in [0.15, 0.2) is 0 Å². The first kappa shape index (κ1) is 13.3. The molecule has 0 unspecified atom stereocenters. The Morgan fingerprint density at radius 3 is 2.56 bits per heavy atom. The summed E-state index contributed by atoms with van der Waals surface area (Å²) in [6, 6.07) is 4.98. The molecule has 1 aliphatic heterocycles. The number of benzene rings is 1. The van der Waals surface area contributed by atoms with Crippen molar-refractivity contribution in [1.29, 1.82) is 0 Å². The van der Waals surface area contributed by atoms with Gasteiger partial charge in [0, 0.05) is 15.7 Å². The van der Waals surface area contributed by atoms with Crippen LogP contribution in [0, 0.1) is 13.7 Å². The van der Waals surface area contributed by atoms with Crippen LogP contribution in [0.1, 0.15) is 24.8 Å². The number of hydrogen-bond donors (Lipinski definition) is 1. The van der Waals surface area contributed by atoms with E-state index < -0.39 is 0 Å². The number of amidine groups is 1. The Labute approximate surface area is 119 Å². The summed E-state index contributed by atoms with van der Waals surface area (Å²) in [4.78, 5) is 10.5. The van der Waals surface area contributed by atoms with Crippen molar-refractivity contribution in [3.8, 4) is 0 Å². The Kier molecular flexibility index (Phi) is 4.15. The molecule has 5 nitrogen and oxygen atoms in total. The molecule has 1 aromatic rings. The van der Waals surface area contributed by atoms with Gasteiger partial charge in [-0.1, -0.05) is 0 Å². The van der Waals surface area contributed by atoms with Gasteiger partial charge in [-0.2, -0.15) is 0 Å². The quantitative estimate of drug-likeness (QED) is 0.289. The molecular formula is C12H15IN3O2+. The van der Waals surface area contributed by atoms with E-state index in [9.17, 15) is 10.1 Å². The molecular weight excluding hydrogens is 345 g/mol. The minimum absolute atomic E-state index is 0.0943. The summed E-state index contributed by atoms with van der Waals surface area (Å²) in [5.41, 5.74) is 6.96. The number of nitro groups is 1. The van der Waals surface area contributed by atoms with Crippen LogP contribution in [0.4, 0.5) is 5.69 Å². The molecule has 2 N–H and O–H groups in total. The first-order valence-corrected chi connectivity index (χ1v) is 6.98. The van der Waals surface area contributed by atoms with Gasteiger partial charge in [0.1, 0.15) is 0 Å². The fraction of sp³-hybridized carbons (Fsp3) is 0.417. The van der Waals surface area contributed by atoms with E-state index in [0.717, 1.165) is 35.1 Å². The summed E-state index contributed by atoms with van der Waals surface area (Å²) in [5.74, 6) is 0.649. The molecule has 96 valence electrons. The van der Waals surface area contributed by atoms with Crippen molar-refractivity contribution in [2.45, 2.75) is 19.3 Å². The fourth-order valence-corrected chi connectivity index (χ4v) is 2.80. The lowest BCUT2D eigenvalue weighted by atomic mass is 10.1. The molecule has 1 heterocycles. The molecule has 18 heavy (non-hydrogen) atoms. The fourth-order valence-electron chi connectivity index (χ4n) is 2.14. The van der Waals surface area contributed by atoms with E-state index in [1.165, 1.54) is 6.42 Å². The van der Waals surface area contributed by atoms with Crippen LogP contribution >= 0.6 is 22.6 Å². The normalized spacial score (nSPS) is 15.5. The molecule has 0 amide bonds. The lowest BCUT2D eigenvalue weighted by Crippen LogP contribution is -2.33. The molecule has 0 bridgehead atoms. The van der Waals surface area contributed by atoms with Crippen LogP contribution < -0.4 is 5.73 Å². The molecule has 0 aliphatic carbocycles. The number of nitro benzene ring substituents is 1. The third kappa shape index (κ3) is 2.98. The number of nitrogens with zero attached hydrogens (tertiary/aromatic N) is 2. The SMILES string of the molecule is NC(c1cc(I)cc([N+](=O)[O-])c1)=[N+]1CCCCC1. The van der Waals surface area contributed by atoms with Gasteiger partial charge in [-0.25, -0.2) is 0 Å². The van der Waals surface area contributed by atoms with Gasteiger partial charge < -0.3 is 0 Å². The average Bonchev–Trinajstić information content (AvgIpc) is 2.38. The van der Waals surface area contributed by atoms with Crippen molar-refractivity contribution < 1.29 is 9.50 Å². The van der Waals surface area contributed by atoms with Crippen LogP contribution in [-0.2, 0) is 0 Å². The third-order valence-electron chi connectivity index (χ3n) is 3.09. The van der Waals surface area contributed by atoms with E-state index in [0.29, 0.717) is 5.84 Å². The highest BCUT2D eigenvalue weighted by Gasteiger charge is 2.18. The first-order valence-electron chi connectivity index (χ1n) is 5.90. The molecule has 1 saturated heterocycles. The third-order valence-corrected chi connectivity index (χ3v) is 3.71. The first-order chi connectivity index (χ1) is 8.58. The van der Waals surface area contributed by atoms with E-state index in [1.807, 2.05) is 6.07 Å². The molecule has 1 aromatic carbocycles. The molecule has 0 spiro atoms. The van der Waals surface area contributed by atoms with Crippen LogP contribution in [0.5, 0.6) is 0 Å². The van der Waals surface area contributed by atoms with Crippen molar-refractivity contribution in [1.82, 2.24) is 0 Å². The number of rotatable bonds is 2. The Morgan fingerprint density at radius 1 is 1.28 bits per heavy atom. The second kappa shape index (κ2) is 5.64. The highest BCUT2D eigenvalue weighted by molar-refractivity contribution is 14.1. The maximum Gasteiger partial charge on any atom is 0.275 e. The summed E-state index contributed by atoms with van der Waals surface area (Å²) >= 11 is 2.08. The molecule has 0 saturated carbocycles. The average molecular weight is 360 g/mol. The van der Waals surface area contributed by atoms with Gasteiger partial charge in [0.2, 0.25) is 0 Å². The zero-order valence-corrected chi connectivity index (χ0v) is 12.1.